The lowest BCUT2D eigenvalue weighted by molar-refractivity contribution is -0.115. The first-order valence-corrected chi connectivity index (χ1v) is 9.01. The highest BCUT2D eigenvalue weighted by atomic mass is 32.2. The van der Waals surface area contributed by atoms with Gasteiger partial charge in [0.2, 0.25) is 11.9 Å². The van der Waals surface area contributed by atoms with Gasteiger partial charge < -0.3 is 5.32 Å². The maximum Gasteiger partial charge on any atom is 0.239 e. The predicted octanol–water partition coefficient (Wildman–Crippen LogP) is 1.80. The van der Waals surface area contributed by atoms with Crippen molar-refractivity contribution in [1.29, 1.82) is 0 Å². The lowest BCUT2D eigenvalue weighted by atomic mass is 9.98. The SMILES string of the molecule is CC(Sc1ccccn1)C(=O)Nc1nc(C2CCNCC2)nn1C. The zero-order chi connectivity index (χ0) is 16.9. The van der Waals surface area contributed by atoms with Gasteiger partial charge in [0.05, 0.1) is 10.3 Å². The van der Waals surface area contributed by atoms with Crippen LogP contribution in [-0.4, -0.2) is 44.0 Å². The number of nitrogens with zero attached hydrogens (tertiary/aromatic N) is 4. The van der Waals surface area contributed by atoms with Crippen molar-refractivity contribution in [3.05, 3.63) is 30.2 Å². The van der Waals surface area contributed by atoms with Crippen LogP contribution < -0.4 is 10.6 Å². The molecule has 2 aromatic heterocycles. The summed E-state index contributed by atoms with van der Waals surface area (Å²) in [4.78, 5) is 21.2. The lowest BCUT2D eigenvalue weighted by Crippen LogP contribution is -2.27. The summed E-state index contributed by atoms with van der Waals surface area (Å²) in [5.41, 5.74) is 0. The predicted molar refractivity (Wildman–Crippen MR) is 94.0 cm³/mol. The molecule has 1 saturated heterocycles. The second-order valence-electron chi connectivity index (χ2n) is 5.86. The lowest BCUT2D eigenvalue weighted by Gasteiger charge is -2.19. The highest BCUT2D eigenvalue weighted by molar-refractivity contribution is 8.00. The van der Waals surface area contributed by atoms with Crippen molar-refractivity contribution in [2.24, 2.45) is 7.05 Å². The van der Waals surface area contributed by atoms with Crippen LogP contribution in [0.25, 0.3) is 0 Å². The van der Waals surface area contributed by atoms with Crippen molar-refractivity contribution >= 4 is 23.6 Å². The molecule has 1 aliphatic heterocycles. The van der Waals surface area contributed by atoms with E-state index in [2.05, 4.69) is 25.7 Å². The molecule has 0 aliphatic carbocycles. The maximum absolute atomic E-state index is 12.4. The van der Waals surface area contributed by atoms with Crippen LogP contribution in [0.5, 0.6) is 0 Å². The highest BCUT2D eigenvalue weighted by Crippen LogP contribution is 2.24. The fraction of sp³-hybridized carbons (Fsp3) is 0.500. The first-order valence-electron chi connectivity index (χ1n) is 8.13. The van der Waals surface area contributed by atoms with Gasteiger partial charge in [-0.3, -0.25) is 10.1 Å². The van der Waals surface area contributed by atoms with Crippen LogP contribution in [0.3, 0.4) is 0 Å². The molecular weight excluding hydrogens is 324 g/mol. The Bertz CT molecular complexity index is 683. The van der Waals surface area contributed by atoms with Crippen molar-refractivity contribution < 1.29 is 4.79 Å². The van der Waals surface area contributed by atoms with Crippen molar-refractivity contribution in [3.63, 3.8) is 0 Å². The van der Waals surface area contributed by atoms with Gasteiger partial charge in [0.25, 0.3) is 0 Å². The van der Waals surface area contributed by atoms with Crippen LogP contribution in [0.4, 0.5) is 5.95 Å². The zero-order valence-corrected chi connectivity index (χ0v) is 14.7. The Morgan fingerprint density at radius 3 is 2.92 bits per heavy atom. The number of rotatable bonds is 5. The first-order chi connectivity index (χ1) is 11.6. The molecular formula is C16H22N6OS. The van der Waals surface area contributed by atoms with E-state index >= 15 is 0 Å². The molecule has 1 atom stereocenters. The van der Waals surface area contributed by atoms with Gasteiger partial charge in [-0.25, -0.2) is 9.67 Å². The molecule has 3 rings (SSSR count). The van der Waals surface area contributed by atoms with E-state index in [9.17, 15) is 4.79 Å². The van der Waals surface area contributed by atoms with E-state index in [-0.39, 0.29) is 11.2 Å². The normalized spacial score (nSPS) is 16.8. The van der Waals surface area contributed by atoms with Crippen molar-refractivity contribution in [2.75, 3.05) is 18.4 Å². The number of thioether (sulfide) groups is 1. The van der Waals surface area contributed by atoms with E-state index in [0.29, 0.717) is 11.9 Å². The smallest absolute Gasteiger partial charge is 0.239 e. The standard InChI is InChI=1S/C16H22N6OS/c1-11(24-13-5-3-4-8-18-13)15(23)20-16-19-14(21-22(16)2)12-6-9-17-10-7-12/h3-5,8,11-12,17H,6-7,9-10H2,1-2H3,(H,19,20,21,23). The van der Waals surface area contributed by atoms with Gasteiger partial charge in [-0.2, -0.15) is 10.1 Å². The van der Waals surface area contributed by atoms with E-state index in [4.69, 9.17) is 0 Å². The van der Waals surface area contributed by atoms with E-state index < -0.39 is 0 Å². The first kappa shape index (κ1) is 16.9. The average Bonchev–Trinajstić information content (AvgIpc) is 2.97. The molecule has 2 aromatic rings. The molecule has 2 N–H and O–H groups in total. The summed E-state index contributed by atoms with van der Waals surface area (Å²) < 4.78 is 1.65. The number of carbonyl (C=O) groups is 1. The summed E-state index contributed by atoms with van der Waals surface area (Å²) >= 11 is 1.42. The molecule has 0 saturated carbocycles. The Hall–Kier alpha value is -1.93. The molecule has 0 aromatic carbocycles. The quantitative estimate of drug-likeness (QED) is 0.803. The molecule has 1 fully saturated rings. The van der Waals surface area contributed by atoms with E-state index in [1.807, 2.05) is 32.2 Å². The number of hydrogen-bond donors (Lipinski definition) is 2. The van der Waals surface area contributed by atoms with Crippen LogP contribution in [0.1, 0.15) is 31.5 Å². The molecule has 8 heteroatoms. The molecule has 1 aliphatic rings. The highest BCUT2D eigenvalue weighted by Gasteiger charge is 2.22. The average molecular weight is 346 g/mol. The van der Waals surface area contributed by atoms with Crippen molar-refractivity contribution in [1.82, 2.24) is 25.1 Å². The Balaban J connectivity index is 1.62. The number of nitrogens with one attached hydrogen (secondary N) is 2. The maximum atomic E-state index is 12.4. The summed E-state index contributed by atoms with van der Waals surface area (Å²) in [6.07, 6.45) is 3.79. The van der Waals surface area contributed by atoms with Gasteiger partial charge in [0, 0.05) is 19.2 Å². The third kappa shape index (κ3) is 4.12. The van der Waals surface area contributed by atoms with Gasteiger partial charge in [-0.15, -0.1) is 0 Å². The molecule has 128 valence electrons. The topological polar surface area (TPSA) is 84.7 Å². The van der Waals surface area contributed by atoms with E-state index in [0.717, 1.165) is 36.8 Å². The Morgan fingerprint density at radius 2 is 2.21 bits per heavy atom. The van der Waals surface area contributed by atoms with Crippen LogP contribution >= 0.6 is 11.8 Å². The summed E-state index contributed by atoms with van der Waals surface area (Å²) in [5.74, 6) is 1.59. The van der Waals surface area contributed by atoms with Crippen LogP contribution in [0.15, 0.2) is 29.4 Å². The summed E-state index contributed by atoms with van der Waals surface area (Å²) in [5, 5.41) is 11.2. The fourth-order valence-corrected chi connectivity index (χ4v) is 3.44. The molecule has 0 bridgehead atoms. The summed E-state index contributed by atoms with van der Waals surface area (Å²) in [6.45, 7) is 3.84. The number of amides is 1. The number of hydrogen-bond acceptors (Lipinski definition) is 6. The van der Waals surface area contributed by atoms with Gasteiger partial charge >= 0.3 is 0 Å². The number of aromatic nitrogens is 4. The number of pyridine rings is 1. The van der Waals surface area contributed by atoms with Gasteiger partial charge in [-0.1, -0.05) is 17.8 Å². The van der Waals surface area contributed by atoms with Gasteiger partial charge in [0.1, 0.15) is 0 Å². The number of carbonyl (C=O) groups excluding carboxylic acids is 1. The third-order valence-corrected chi connectivity index (χ3v) is 5.07. The molecule has 24 heavy (non-hydrogen) atoms. The molecule has 1 amide bonds. The van der Waals surface area contributed by atoms with E-state index in [1.165, 1.54) is 11.8 Å². The van der Waals surface area contributed by atoms with Crippen molar-refractivity contribution in [3.8, 4) is 0 Å². The van der Waals surface area contributed by atoms with Crippen LogP contribution in [0, 0.1) is 0 Å². The summed E-state index contributed by atoms with van der Waals surface area (Å²) in [7, 11) is 1.81. The molecule has 1 unspecified atom stereocenters. The van der Waals surface area contributed by atoms with E-state index in [1.54, 1.807) is 10.9 Å². The fourth-order valence-electron chi connectivity index (χ4n) is 2.63. The Labute approximate surface area is 145 Å². The number of piperidine rings is 1. The number of aryl methyl sites for hydroxylation is 1. The second kappa shape index (κ2) is 7.76. The van der Waals surface area contributed by atoms with Gasteiger partial charge in [-0.05, 0) is 45.0 Å². The molecule has 7 nitrogen and oxygen atoms in total. The third-order valence-electron chi connectivity index (χ3n) is 4.02. The van der Waals surface area contributed by atoms with Crippen LogP contribution in [-0.2, 0) is 11.8 Å². The monoisotopic (exact) mass is 346 g/mol. The minimum atomic E-state index is -0.265. The van der Waals surface area contributed by atoms with Crippen LogP contribution in [0.2, 0.25) is 0 Å². The second-order valence-corrected chi connectivity index (χ2v) is 7.22. The van der Waals surface area contributed by atoms with Crippen molar-refractivity contribution in [2.45, 2.75) is 36.0 Å². The zero-order valence-electron chi connectivity index (χ0n) is 13.9. The molecule has 0 spiro atoms. The molecule has 0 radical (unpaired) electrons. The Kier molecular flexibility index (Phi) is 5.47. The number of anilines is 1. The largest absolute Gasteiger partial charge is 0.317 e. The minimum Gasteiger partial charge on any atom is -0.317 e. The molecule has 3 heterocycles. The summed E-state index contributed by atoms with van der Waals surface area (Å²) in [6, 6.07) is 5.66. The Morgan fingerprint density at radius 1 is 1.42 bits per heavy atom. The minimum absolute atomic E-state index is 0.0991. The van der Waals surface area contributed by atoms with Gasteiger partial charge in [0.15, 0.2) is 5.82 Å².